The molecule has 0 aliphatic rings. The Morgan fingerprint density at radius 2 is 1.82 bits per heavy atom. The van der Waals surface area contributed by atoms with Crippen LogP contribution < -0.4 is 5.32 Å². The molecule has 0 fully saturated rings. The summed E-state index contributed by atoms with van der Waals surface area (Å²) < 4.78 is 1.92. The van der Waals surface area contributed by atoms with Crippen LogP contribution in [0.2, 0.25) is 0 Å². The highest BCUT2D eigenvalue weighted by Crippen LogP contribution is 2.15. The Morgan fingerprint density at radius 3 is 2.27 bits per heavy atom. The van der Waals surface area contributed by atoms with Crippen LogP contribution in [0.4, 0.5) is 0 Å². The van der Waals surface area contributed by atoms with Gasteiger partial charge in [-0.1, -0.05) is 27.7 Å². The number of rotatable bonds is 7. The van der Waals surface area contributed by atoms with Crippen LogP contribution in [0.1, 0.15) is 44.6 Å². The first-order valence-electron chi connectivity index (χ1n) is 7.68. The van der Waals surface area contributed by atoms with Crippen LogP contribution in [-0.2, 0) is 22.6 Å². The molecule has 6 heteroatoms. The van der Waals surface area contributed by atoms with Gasteiger partial charge in [0.15, 0.2) is 0 Å². The van der Waals surface area contributed by atoms with Crippen LogP contribution in [-0.4, -0.2) is 32.8 Å². The van der Waals surface area contributed by atoms with E-state index in [1.54, 1.807) is 13.8 Å². The van der Waals surface area contributed by atoms with E-state index in [4.69, 9.17) is 5.11 Å². The number of aryl methyl sites for hydroxylation is 1. The molecule has 1 atom stereocenters. The molecule has 0 saturated carbocycles. The van der Waals surface area contributed by atoms with Gasteiger partial charge in [-0.3, -0.25) is 9.48 Å². The molecule has 0 bridgehead atoms. The largest absolute Gasteiger partial charge is 0.480 e. The van der Waals surface area contributed by atoms with Crippen LogP contribution >= 0.6 is 0 Å². The van der Waals surface area contributed by atoms with E-state index >= 15 is 0 Å². The van der Waals surface area contributed by atoms with Crippen LogP contribution in [0.3, 0.4) is 0 Å². The molecule has 0 radical (unpaired) electrons. The molecule has 0 aromatic carbocycles. The Kier molecular flexibility index (Phi) is 6.14. The van der Waals surface area contributed by atoms with Crippen molar-refractivity contribution in [2.45, 2.75) is 60.5 Å². The van der Waals surface area contributed by atoms with E-state index in [0.29, 0.717) is 5.92 Å². The van der Waals surface area contributed by atoms with E-state index in [-0.39, 0.29) is 18.2 Å². The zero-order valence-corrected chi connectivity index (χ0v) is 14.3. The summed E-state index contributed by atoms with van der Waals surface area (Å²) in [5, 5.41) is 16.2. The van der Waals surface area contributed by atoms with Crippen molar-refractivity contribution >= 4 is 11.9 Å². The van der Waals surface area contributed by atoms with Crippen molar-refractivity contribution in [1.82, 2.24) is 15.1 Å². The quantitative estimate of drug-likeness (QED) is 0.806. The second kappa shape index (κ2) is 7.42. The SMILES string of the molecule is Cc1nn(CC(C)C)c(C)c1CC(=O)N[C@@H](C(=O)O)C(C)C. The third kappa shape index (κ3) is 4.58. The molecule has 0 saturated heterocycles. The molecule has 1 amide bonds. The molecule has 1 heterocycles. The first-order valence-corrected chi connectivity index (χ1v) is 7.68. The van der Waals surface area contributed by atoms with Gasteiger partial charge in [0.05, 0.1) is 12.1 Å². The highest BCUT2D eigenvalue weighted by Gasteiger charge is 2.24. The second-order valence-electron chi connectivity index (χ2n) is 6.53. The lowest BCUT2D eigenvalue weighted by Crippen LogP contribution is -2.45. The fourth-order valence-corrected chi connectivity index (χ4v) is 2.41. The molecule has 22 heavy (non-hydrogen) atoms. The number of nitrogens with one attached hydrogen (secondary N) is 1. The number of hydrogen-bond acceptors (Lipinski definition) is 3. The van der Waals surface area contributed by atoms with Crippen molar-refractivity contribution < 1.29 is 14.7 Å². The predicted octanol–water partition coefficient (Wildman–Crippen LogP) is 1.92. The summed E-state index contributed by atoms with van der Waals surface area (Å²) in [6, 6.07) is -0.862. The fraction of sp³-hybridized carbons (Fsp3) is 0.688. The maximum absolute atomic E-state index is 12.2. The zero-order chi connectivity index (χ0) is 17.0. The monoisotopic (exact) mass is 309 g/mol. The summed E-state index contributed by atoms with van der Waals surface area (Å²) in [6.07, 6.45) is 0.159. The number of carboxylic acids is 1. The van der Waals surface area contributed by atoms with Gasteiger partial charge < -0.3 is 10.4 Å². The maximum atomic E-state index is 12.2. The summed E-state index contributed by atoms with van der Waals surface area (Å²) in [5.74, 6) is -0.979. The van der Waals surface area contributed by atoms with Gasteiger partial charge in [-0.15, -0.1) is 0 Å². The minimum atomic E-state index is -1.01. The molecule has 0 aliphatic carbocycles. The Balaban J connectivity index is 2.84. The molecular weight excluding hydrogens is 282 g/mol. The van der Waals surface area contributed by atoms with Crippen molar-refractivity contribution in [2.75, 3.05) is 0 Å². The lowest BCUT2D eigenvalue weighted by molar-refractivity contribution is -0.143. The van der Waals surface area contributed by atoms with Gasteiger partial charge in [-0.2, -0.15) is 5.10 Å². The molecule has 0 aliphatic heterocycles. The highest BCUT2D eigenvalue weighted by atomic mass is 16.4. The Hall–Kier alpha value is -1.85. The zero-order valence-electron chi connectivity index (χ0n) is 14.3. The molecule has 124 valence electrons. The van der Waals surface area contributed by atoms with Crippen molar-refractivity contribution in [3.05, 3.63) is 17.0 Å². The molecule has 2 N–H and O–H groups in total. The summed E-state index contributed by atoms with van der Waals surface area (Å²) in [6.45, 7) is 12.4. The number of carboxylic acid groups (broad SMARTS) is 1. The normalized spacial score (nSPS) is 12.7. The first-order chi connectivity index (χ1) is 10.1. The van der Waals surface area contributed by atoms with Gasteiger partial charge in [0.25, 0.3) is 0 Å². The number of aliphatic carboxylic acids is 1. The van der Waals surface area contributed by atoms with Crippen LogP contribution in [0.15, 0.2) is 0 Å². The Labute approximate surface area is 131 Å². The summed E-state index contributed by atoms with van der Waals surface area (Å²) in [7, 11) is 0. The van der Waals surface area contributed by atoms with Gasteiger partial charge in [-0.25, -0.2) is 4.79 Å². The van der Waals surface area contributed by atoms with Crippen molar-refractivity contribution in [3.63, 3.8) is 0 Å². The van der Waals surface area contributed by atoms with E-state index < -0.39 is 12.0 Å². The number of amides is 1. The van der Waals surface area contributed by atoms with Gasteiger partial charge >= 0.3 is 5.97 Å². The average Bonchev–Trinajstić information content (AvgIpc) is 2.62. The smallest absolute Gasteiger partial charge is 0.326 e. The van der Waals surface area contributed by atoms with Crippen molar-refractivity contribution in [1.29, 1.82) is 0 Å². The second-order valence-corrected chi connectivity index (χ2v) is 6.53. The first kappa shape index (κ1) is 18.2. The summed E-state index contributed by atoms with van der Waals surface area (Å²) in [4.78, 5) is 23.3. The fourth-order valence-electron chi connectivity index (χ4n) is 2.41. The number of hydrogen-bond donors (Lipinski definition) is 2. The Morgan fingerprint density at radius 1 is 1.23 bits per heavy atom. The van der Waals surface area contributed by atoms with E-state index in [2.05, 4.69) is 24.3 Å². The minimum Gasteiger partial charge on any atom is -0.480 e. The summed E-state index contributed by atoms with van der Waals surface area (Å²) >= 11 is 0. The van der Waals surface area contributed by atoms with Crippen molar-refractivity contribution in [2.24, 2.45) is 11.8 Å². The minimum absolute atomic E-state index is 0.159. The topological polar surface area (TPSA) is 84.2 Å². The number of nitrogens with zero attached hydrogens (tertiary/aromatic N) is 2. The number of carbonyl (C=O) groups is 2. The molecule has 0 spiro atoms. The Bertz CT molecular complexity index is 547. The maximum Gasteiger partial charge on any atom is 0.326 e. The van der Waals surface area contributed by atoms with E-state index in [9.17, 15) is 9.59 Å². The van der Waals surface area contributed by atoms with Crippen molar-refractivity contribution in [3.8, 4) is 0 Å². The lowest BCUT2D eigenvalue weighted by Gasteiger charge is -2.18. The van der Waals surface area contributed by atoms with Crippen LogP contribution in [0, 0.1) is 25.7 Å². The average molecular weight is 309 g/mol. The standard InChI is InChI=1S/C16H27N3O3/c1-9(2)8-19-12(6)13(11(5)18-19)7-14(20)17-15(10(3)4)16(21)22/h9-10,15H,7-8H2,1-6H3,(H,17,20)(H,21,22)/t15-/m1/s1. The molecule has 0 unspecified atom stereocenters. The van der Waals surface area contributed by atoms with Crippen LogP contribution in [0.5, 0.6) is 0 Å². The van der Waals surface area contributed by atoms with E-state index in [1.807, 2.05) is 18.5 Å². The van der Waals surface area contributed by atoms with Crippen LogP contribution in [0.25, 0.3) is 0 Å². The molecule has 1 aromatic rings. The molecule has 1 rings (SSSR count). The third-order valence-corrected chi connectivity index (χ3v) is 3.66. The summed E-state index contributed by atoms with van der Waals surface area (Å²) in [5.41, 5.74) is 2.67. The van der Waals surface area contributed by atoms with Gasteiger partial charge in [0.2, 0.25) is 5.91 Å². The predicted molar refractivity (Wildman–Crippen MR) is 84.6 cm³/mol. The molecular formula is C16H27N3O3. The molecule has 6 nitrogen and oxygen atoms in total. The molecule has 1 aromatic heterocycles. The van der Waals surface area contributed by atoms with Gasteiger partial charge in [0, 0.05) is 17.8 Å². The number of carbonyl (C=O) groups excluding carboxylic acids is 1. The van der Waals surface area contributed by atoms with Gasteiger partial charge in [-0.05, 0) is 25.7 Å². The van der Waals surface area contributed by atoms with E-state index in [1.165, 1.54) is 0 Å². The van der Waals surface area contributed by atoms with Gasteiger partial charge in [0.1, 0.15) is 6.04 Å². The number of aromatic nitrogens is 2. The lowest BCUT2D eigenvalue weighted by atomic mass is 10.0. The van der Waals surface area contributed by atoms with E-state index in [0.717, 1.165) is 23.5 Å². The third-order valence-electron chi connectivity index (χ3n) is 3.66. The highest BCUT2D eigenvalue weighted by molar-refractivity contribution is 5.85.